The fourth-order valence-electron chi connectivity index (χ4n) is 3.05. The molecule has 2 aromatic rings. The molecule has 0 atom stereocenters. The summed E-state index contributed by atoms with van der Waals surface area (Å²) >= 11 is 0. The quantitative estimate of drug-likeness (QED) is 0.807. The molecule has 1 saturated heterocycles. The van der Waals surface area contributed by atoms with Crippen molar-refractivity contribution in [2.45, 2.75) is 12.0 Å². The molecule has 1 aliphatic heterocycles. The van der Waals surface area contributed by atoms with Crippen LogP contribution < -0.4 is 0 Å². The maximum atomic E-state index is 12.3. The molecule has 1 fully saturated rings. The highest BCUT2D eigenvalue weighted by atomic mass is 16.5. The molecule has 1 heterocycles. The second-order valence-electron chi connectivity index (χ2n) is 5.57. The number of hydrogen-bond acceptors (Lipinski definition) is 3. The standard InChI is InChI=1S/C18H19NO2/c1-21-17(20)18(16-10-6-3-7-11-16)13-19(14-18)12-15-8-4-2-5-9-15/h2-11H,12-14H2,1H3. The van der Waals surface area contributed by atoms with Crippen molar-refractivity contribution in [3.05, 3.63) is 71.8 Å². The lowest BCUT2D eigenvalue weighted by molar-refractivity contribution is -0.155. The van der Waals surface area contributed by atoms with Gasteiger partial charge in [-0.1, -0.05) is 60.7 Å². The third-order valence-electron chi connectivity index (χ3n) is 4.14. The van der Waals surface area contributed by atoms with Crippen LogP contribution in [-0.2, 0) is 21.5 Å². The van der Waals surface area contributed by atoms with Gasteiger partial charge in [-0.15, -0.1) is 0 Å². The Balaban J connectivity index is 1.76. The number of benzene rings is 2. The van der Waals surface area contributed by atoms with Gasteiger partial charge in [0, 0.05) is 19.6 Å². The highest BCUT2D eigenvalue weighted by molar-refractivity contribution is 5.85. The zero-order chi connectivity index (χ0) is 14.7. The third-order valence-corrected chi connectivity index (χ3v) is 4.14. The van der Waals surface area contributed by atoms with Gasteiger partial charge in [-0.25, -0.2) is 0 Å². The van der Waals surface area contributed by atoms with E-state index in [1.807, 2.05) is 48.5 Å². The summed E-state index contributed by atoms with van der Waals surface area (Å²) in [6, 6.07) is 20.3. The number of likely N-dealkylation sites (tertiary alicyclic amines) is 1. The van der Waals surface area contributed by atoms with Gasteiger partial charge in [-0.2, -0.15) is 0 Å². The van der Waals surface area contributed by atoms with Gasteiger partial charge in [0.2, 0.25) is 0 Å². The van der Waals surface area contributed by atoms with E-state index in [0.29, 0.717) is 13.1 Å². The summed E-state index contributed by atoms with van der Waals surface area (Å²) in [5.74, 6) is -0.141. The van der Waals surface area contributed by atoms with Gasteiger partial charge in [0.1, 0.15) is 5.41 Å². The van der Waals surface area contributed by atoms with Crippen molar-refractivity contribution in [1.29, 1.82) is 0 Å². The summed E-state index contributed by atoms with van der Waals surface area (Å²) in [5, 5.41) is 0. The second-order valence-corrected chi connectivity index (χ2v) is 5.57. The summed E-state index contributed by atoms with van der Waals surface area (Å²) in [4.78, 5) is 14.5. The Labute approximate surface area is 125 Å². The minimum atomic E-state index is -0.509. The number of hydrogen-bond donors (Lipinski definition) is 0. The monoisotopic (exact) mass is 281 g/mol. The molecule has 0 radical (unpaired) electrons. The number of ether oxygens (including phenoxy) is 1. The zero-order valence-corrected chi connectivity index (χ0v) is 12.2. The predicted molar refractivity (Wildman–Crippen MR) is 81.9 cm³/mol. The Morgan fingerprint density at radius 2 is 1.62 bits per heavy atom. The van der Waals surface area contributed by atoms with Crippen molar-refractivity contribution in [3.63, 3.8) is 0 Å². The lowest BCUT2D eigenvalue weighted by Crippen LogP contribution is -2.63. The molecule has 0 N–H and O–H groups in total. The lowest BCUT2D eigenvalue weighted by Gasteiger charge is -2.48. The van der Waals surface area contributed by atoms with Gasteiger partial charge in [-0.05, 0) is 11.1 Å². The lowest BCUT2D eigenvalue weighted by atomic mass is 9.73. The summed E-state index contributed by atoms with van der Waals surface area (Å²) in [6.45, 7) is 2.28. The van der Waals surface area contributed by atoms with Gasteiger partial charge in [0.15, 0.2) is 0 Å². The maximum Gasteiger partial charge on any atom is 0.318 e. The largest absolute Gasteiger partial charge is 0.468 e. The van der Waals surface area contributed by atoms with Gasteiger partial charge in [-0.3, -0.25) is 9.69 Å². The summed E-state index contributed by atoms with van der Waals surface area (Å²) < 4.78 is 5.04. The molecule has 2 aromatic carbocycles. The molecule has 0 spiro atoms. The Hall–Kier alpha value is -2.13. The zero-order valence-electron chi connectivity index (χ0n) is 12.2. The number of esters is 1. The van der Waals surface area contributed by atoms with Crippen molar-refractivity contribution < 1.29 is 9.53 Å². The Morgan fingerprint density at radius 1 is 1.05 bits per heavy atom. The molecule has 0 amide bonds. The smallest absolute Gasteiger partial charge is 0.318 e. The molecule has 21 heavy (non-hydrogen) atoms. The second kappa shape index (κ2) is 5.70. The molecular weight excluding hydrogens is 262 g/mol. The Morgan fingerprint density at radius 3 is 2.19 bits per heavy atom. The van der Waals surface area contributed by atoms with Crippen molar-refractivity contribution in [2.24, 2.45) is 0 Å². The summed E-state index contributed by atoms with van der Waals surface area (Å²) in [7, 11) is 1.47. The van der Waals surface area contributed by atoms with E-state index in [4.69, 9.17) is 4.74 Å². The van der Waals surface area contributed by atoms with Crippen molar-refractivity contribution in [1.82, 2.24) is 4.90 Å². The number of nitrogens with zero attached hydrogens (tertiary/aromatic N) is 1. The number of rotatable bonds is 4. The van der Waals surface area contributed by atoms with E-state index in [1.54, 1.807) is 0 Å². The predicted octanol–water partition coefficient (Wildman–Crippen LogP) is 2.61. The van der Waals surface area contributed by atoms with E-state index in [-0.39, 0.29) is 5.97 Å². The molecule has 3 nitrogen and oxygen atoms in total. The molecule has 3 heteroatoms. The van der Waals surface area contributed by atoms with Crippen molar-refractivity contribution in [2.75, 3.05) is 20.2 Å². The third kappa shape index (κ3) is 2.57. The normalized spacial score (nSPS) is 17.0. The van der Waals surface area contributed by atoms with E-state index in [9.17, 15) is 4.79 Å². The molecule has 0 unspecified atom stereocenters. The van der Waals surface area contributed by atoms with E-state index < -0.39 is 5.41 Å². The molecule has 0 aliphatic carbocycles. The molecular formula is C18H19NO2. The average molecular weight is 281 g/mol. The van der Waals surface area contributed by atoms with E-state index in [1.165, 1.54) is 12.7 Å². The maximum absolute atomic E-state index is 12.3. The van der Waals surface area contributed by atoms with E-state index >= 15 is 0 Å². The van der Waals surface area contributed by atoms with Crippen LogP contribution in [0.3, 0.4) is 0 Å². The first-order valence-corrected chi connectivity index (χ1v) is 7.15. The molecule has 108 valence electrons. The van der Waals surface area contributed by atoms with Crippen LogP contribution in [0.15, 0.2) is 60.7 Å². The first-order chi connectivity index (χ1) is 10.2. The molecule has 3 rings (SSSR count). The van der Waals surface area contributed by atoms with Crippen LogP contribution in [0, 0.1) is 0 Å². The van der Waals surface area contributed by atoms with Crippen LogP contribution in [0.5, 0.6) is 0 Å². The van der Waals surface area contributed by atoms with Crippen molar-refractivity contribution in [3.8, 4) is 0 Å². The van der Waals surface area contributed by atoms with Crippen LogP contribution in [0.25, 0.3) is 0 Å². The highest BCUT2D eigenvalue weighted by Crippen LogP contribution is 2.36. The number of carbonyl (C=O) groups is 1. The van der Waals surface area contributed by atoms with E-state index in [0.717, 1.165) is 12.1 Å². The van der Waals surface area contributed by atoms with Gasteiger partial charge in [0.05, 0.1) is 7.11 Å². The Bertz CT molecular complexity index is 604. The highest BCUT2D eigenvalue weighted by Gasteiger charge is 2.51. The van der Waals surface area contributed by atoms with E-state index in [2.05, 4.69) is 17.0 Å². The molecule has 0 saturated carbocycles. The first-order valence-electron chi connectivity index (χ1n) is 7.15. The van der Waals surface area contributed by atoms with Crippen molar-refractivity contribution >= 4 is 5.97 Å². The fourth-order valence-corrected chi connectivity index (χ4v) is 3.05. The van der Waals surface area contributed by atoms with Crippen LogP contribution in [0.4, 0.5) is 0 Å². The molecule has 0 aromatic heterocycles. The van der Waals surface area contributed by atoms with Gasteiger partial charge < -0.3 is 4.74 Å². The van der Waals surface area contributed by atoms with Crippen LogP contribution >= 0.6 is 0 Å². The van der Waals surface area contributed by atoms with Crippen LogP contribution in [-0.4, -0.2) is 31.1 Å². The summed E-state index contributed by atoms with van der Waals surface area (Å²) in [5.41, 5.74) is 1.80. The Kier molecular flexibility index (Phi) is 3.76. The SMILES string of the molecule is COC(=O)C1(c2ccccc2)CN(Cc2ccccc2)C1. The van der Waals surface area contributed by atoms with Crippen LogP contribution in [0.2, 0.25) is 0 Å². The molecule has 1 aliphatic rings. The topological polar surface area (TPSA) is 29.5 Å². The fraction of sp³-hybridized carbons (Fsp3) is 0.278. The molecule has 0 bridgehead atoms. The van der Waals surface area contributed by atoms with Gasteiger partial charge >= 0.3 is 5.97 Å². The minimum Gasteiger partial charge on any atom is -0.468 e. The first kappa shape index (κ1) is 13.8. The van der Waals surface area contributed by atoms with Crippen LogP contribution in [0.1, 0.15) is 11.1 Å². The number of methoxy groups -OCH3 is 1. The summed E-state index contributed by atoms with van der Waals surface area (Å²) in [6.07, 6.45) is 0. The minimum absolute atomic E-state index is 0.141. The number of carbonyl (C=O) groups excluding carboxylic acids is 1. The van der Waals surface area contributed by atoms with Gasteiger partial charge in [0.25, 0.3) is 0 Å². The average Bonchev–Trinajstić information content (AvgIpc) is 2.51.